The van der Waals surface area contributed by atoms with Crippen molar-refractivity contribution >= 4 is 11.3 Å². The quantitative estimate of drug-likeness (QED) is 0.689. The second-order valence-corrected chi connectivity index (χ2v) is 3.18. The average molecular weight is 164 g/mol. The average Bonchev–Trinajstić information content (AvgIpc) is 2.55. The van der Waals surface area contributed by atoms with Gasteiger partial charge in [0.25, 0.3) is 0 Å². The zero-order valence-corrected chi connectivity index (χ0v) is 6.98. The largest absolute Gasteiger partial charge is 0.278 e. The highest BCUT2D eigenvalue weighted by Crippen LogP contribution is 2.23. The molecule has 0 aliphatic heterocycles. The molecule has 0 bridgehead atoms. The van der Waals surface area contributed by atoms with Crippen LogP contribution in [0.15, 0.2) is 23.0 Å². The zero-order valence-electron chi connectivity index (χ0n) is 6.16. The molecule has 1 N–H and O–H groups in total. The van der Waals surface area contributed by atoms with Crippen molar-refractivity contribution in [2.45, 2.75) is 6.92 Å². The molecular formula is C8H8N2S. The second kappa shape index (κ2) is 2.51. The molecule has 56 valence electrons. The summed E-state index contributed by atoms with van der Waals surface area (Å²) in [6, 6.07) is 1.98. The van der Waals surface area contributed by atoms with Crippen molar-refractivity contribution in [1.82, 2.24) is 10.2 Å². The third-order valence-electron chi connectivity index (χ3n) is 1.65. The van der Waals surface area contributed by atoms with Crippen LogP contribution in [0.2, 0.25) is 0 Å². The Bertz CT molecular complexity index is 335. The Labute approximate surface area is 68.9 Å². The summed E-state index contributed by atoms with van der Waals surface area (Å²) in [6.07, 6.45) is 1.77. The van der Waals surface area contributed by atoms with Crippen molar-refractivity contribution < 1.29 is 0 Å². The molecule has 0 amide bonds. The fourth-order valence-corrected chi connectivity index (χ4v) is 1.89. The Morgan fingerprint density at radius 3 is 2.91 bits per heavy atom. The van der Waals surface area contributed by atoms with E-state index in [1.54, 1.807) is 17.5 Å². The molecule has 0 aliphatic carbocycles. The zero-order chi connectivity index (χ0) is 7.68. The van der Waals surface area contributed by atoms with Gasteiger partial charge in [0.15, 0.2) is 0 Å². The minimum Gasteiger partial charge on any atom is -0.278 e. The van der Waals surface area contributed by atoms with E-state index >= 15 is 0 Å². The minimum absolute atomic E-state index is 1.10. The lowest BCUT2D eigenvalue weighted by molar-refractivity contribution is 1.09. The molecule has 11 heavy (non-hydrogen) atoms. The third kappa shape index (κ3) is 1.07. The molecule has 0 fully saturated rings. The van der Waals surface area contributed by atoms with E-state index in [0.29, 0.717) is 0 Å². The Morgan fingerprint density at radius 1 is 1.45 bits per heavy atom. The smallest absolute Gasteiger partial charge is 0.0661 e. The van der Waals surface area contributed by atoms with Gasteiger partial charge in [-0.25, -0.2) is 0 Å². The van der Waals surface area contributed by atoms with Gasteiger partial charge < -0.3 is 0 Å². The SMILES string of the molecule is Cc1cscc1-c1ccn[nH]1. The van der Waals surface area contributed by atoms with Gasteiger partial charge in [-0.1, -0.05) is 0 Å². The van der Waals surface area contributed by atoms with E-state index in [1.807, 2.05) is 6.07 Å². The van der Waals surface area contributed by atoms with Crippen LogP contribution in [-0.4, -0.2) is 10.2 Å². The fourth-order valence-electron chi connectivity index (χ4n) is 1.04. The Hall–Kier alpha value is -1.09. The van der Waals surface area contributed by atoms with E-state index in [9.17, 15) is 0 Å². The number of nitrogens with one attached hydrogen (secondary N) is 1. The molecule has 2 heterocycles. The topological polar surface area (TPSA) is 28.7 Å². The molecule has 0 saturated heterocycles. The first-order valence-corrected chi connectivity index (χ1v) is 4.35. The Kier molecular flexibility index (Phi) is 1.51. The van der Waals surface area contributed by atoms with Crippen molar-refractivity contribution in [2.75, 3.05) is 0 Å². The maximum atomic E-state index is 3.90. The van der Waals surface area contributed by atoms with E-state index in [1.165, 1.54) is 11.1 Å². The fraction of sp³-hybridized carbons (Fsp3) is 0.125. The molecule has 0 atom stereocenters. The van der Waals surface area contributed by atoms with Crippen molar-refractivity contribution in [3.05, 3.63) is 28.6 Å². The Balaban J connectivity index is 2.53. The summed E-state index contributed by atoms with van der Waals surface area (Å²) in [5.74, 6) is 0. The molecule has 2 nitrogen and oxygen atoms in total. The lowest BCUT2D eigenvalue weighted by Crippen LogP contribution is -1.76. The number of aromatic amines is 1. The van der Waals surface area contributed by atoms with Crippen LogP contribution in [0.5, 0.6) is 0 Å². The first kappa shape index (κ1) is 6.61. The summed E-state index contributed by atoms with van der Waals surface area (Å²) < 4.78 is 0. The first-order valence-electron chi connectivity index (χ1n) is 3.40. The molecular weight excluding hydrogens is 156 g/mol. The molecule has 2 aromatic rings. The van der Waals surface area contributed by atoms with Crippen LogP contribution in [0.25, 0.3) is 11.3 Å². The number of nitrogens with zero attached hydrogens (tertiary/aromatic N) is 1. The van der Waals surface area contributed by atoms with Gasteiger partial charge in [-0.2, -0.15) is 16.4 Å². The molecule has 0 aliphatic rings. The van der Waals surface area contributed by atoms with Crippen LogP contribution >= 0.6 is 11.3 Å². The van der Waals surface area contributed by atoms with Crippen LogP contribution in [-0.2, 0) is 0 Å². The molecule has 0 aromatic carbocycles. The van der Waals surface area contributed by atoms with Gasteiger partial charge in [0.05, 0.1) is 5.69 Å². The molecule has 3 heteroatoms. The van der Waals surface area contributed by atoms with Gasteiger partial charge >= 0.3 is 0 Å². The van der Waals surface area contributed by atoms with Crippen molar-refractivity contribution in [3.63, 3.8) is 0 Å². The van der Waals surface area contributed by atoms with Crippen molar-refractivity contribution in [2.24, 2.45) is 0 Å². The summed E-state index contributed by atoms with van der Waals surface area (Å²) in [7, 11) is 0. The normalized spacial score (nSPS) is 10.3. The van der Waals surface area contributed by atoms with Gasteiger partial charge in [-0.05, 0) is 23.9 Å². The summed E-state index contributed by atoms with van der Waals surface area (Å²) in [5.41, 5.74) is 3.66. The maximum absolute atomic E-state index is 3.90. The summed E-state index contributed by atoms with van der Waals surface area (Å²) >= 11 is 1.72. The predicted octanol–water partition coefficient (Wildman–Crippen LogP) is 2.45. The van der Waals surface area contributed by atoms with Crippen molar-refractivity contribution in [3.8, 4) is 11.3 Å². The van der Waals surface area contributed by atoms with E-state index in [2.05, 4.69) is 27.9 Å². The molecule has 0 spiro atoms. The van der Waals surface area contributed by atoms with Crippen LogP contribution < -0.4 is 0 Å². The van der Waals surface area contributed by atoms with Gasteiger partial charge in [-0.15, -0.1) is 0 Å². The van der Waals surface area contributed by atoms with Gasteiger partial charge in [-0.3, -0.25) is 5.10 Å². The Morgan fingerprint density at radius 2 is 2.36 bits per heavy atom. The second-order valence-electron chi connectivity index (χ2n) is 2.44. The summed E-state index contributed by atoms with van der Waals surface area (Å²) in [6.45, 7) is 2.10. The molecule has 0 saturated carbocycles. The number of hydrogen-bond donors (Lipinski definition) is 1. The van der Waals surface area contributed by atoms with E-state index in [-0.39, 0.29) is 0 Å². The lowest BCUT2D eigenvalue weighted by atomic mass is 10.2. The van der Waals surface area contributed by atoms with E-state index < -0.39 is 0 Å². The van der Waals surface area contributed by atoms with Crippen molar-refractivity contribution in [1.29, 1.82) is 0 Å². The minimum atomic E-state index is 1.10. The standard InChI is InChI=1S/C8H8N2S/c1-6-4-11-5-7(6)8-2-3-9-10-8/h2-5H,1H3,(H,9,10). The van der Waals surface area contributed by atoms with E-state index in [4.69, 9.17) is 0 Å². The number of aryl methyl sites for hydroxylation is 1. The number of rotatable bonds is 1. The maximum Gasteiger partial charge on any atom is 0.0661 e. The number of H-pyrrole nitrogens is 1. The first-order chi connectivity index (χ1) is 5.38. The lowest BCUT2D eigenvalue weighted by Gasteiger charge is -1.92. The molecule has 0 radical (unpaired) electrons. The highest BCUT2D eigenvalue weighted by molar-refractivity contribution is 7.08. The number of aromatic nitrogens is 2. The highest BCUT2D eigenvalue weighted by atomic mass is 32.1. The predicted molar refractivity (Wildman–Crippen MR) is 46.6 cm³/mol. The summed E-state index contributed by atoms with van der Waals surface area (Å²) in [4.78, 5) is 0. The van der Waals surface area contributed by atoms with E-state index in [0.717, 1.165) is 5.69 Å². The van der Waals surface area contributed by atoms with Crippen LogP contribution in [0, 0.1) is 6.92 Å². The molecule has 2 rings (SSSR count). The highest BCUT2D eigenvalue weighted by Gasteiger charge is 2.01. The molecule has 2 aromatic heterocycles. The van der Waals surface area contributed by atoms with Crippen LogP contribution in [0.4, 0.5) is 0 Å². The van der Waals surface area contributed by atoms with Gasteiger partial charge in [0.1, 0.15) is 0 Å². The van der Waals surface area contributed by atoms with Gasteiger partial charge in [0, 0.05) is 17.1 Å². The molecule has 0 unspecified atom stereocenters. The summed E-state index contributed by atoms with van der Waals surface area (Å²) in [5, 5.41) is 11.1. The third-order valence-corrected chi connectivity index (χ3v) is 2.51. The number of thiophene rings is 1. The number of hydrogen-bond acceptors (Lipinski definition) is 2. The van der Waals surface area contributed by atoms with Gasteiger partial charge in [0.2, 0.25) is 0 Å². The monoisotopic (exact) mass is 164 g/mol. The van der Waals surface area contributed by atoms with Crippen LogP contribution in [0.1, 0.15) is 5.56 Å². The van der Waals surface area contributed by atoms with Crippen LogP contribution in [0.3, 0.4) is 0 Å².